The lowest BCUT2D eigenvalue weighted by molar-refractivity contribution is 0.627. The molecule has 3 N–H and O–H groups in total. The largest absolute Gasteiger partial charge is 0.397 e. The Kier molecular flexibility index (Phi) is 3.93. The van der Waals surface area contributed by atoms with Gasteiger partial charge in [-0.2, -0.15) is 5.26 Å². The van der Waals surface area contributed by atoms with Gasteiger partial charge in [-0.15, -0.1) is 0 Å². The molecule has 0 atom stereocenters. The Hall–Kier alpha value is -1.77. The molecule has 0 radical (unpaired) electrons. The van der Waals surface area contributed by atoms with Crippen LogP contribution in [0.1, 0.15) is 5.56 Å². The number of benzene rings is 2. The quantitative estimate of drug-likeness (QED) is 0.795. The van der Waals surface area contributed by atoms with Gasteiger partial charge in [0.1, 0.15) is 5.82 Å². The highest BCUT2D eigenvalue weighted by atomic mass is 79.9. The predicted molar refractivity (Wildman–Crippen MR) is 78.0 cm³/mol. The lowest BCUT2D eigenvalue weighted by Crippen LogP contribution is -1.98. The second kappa shape index (κ2) is 5.47. The van der Waals surface area contributed by atoms with Gasteiger partial charge in [0.05, 0.1) is 33.7 Å². The molecule has 0 saturated heterocycles. The minimum atomic E-state index is -0.443. The number of rotatable bonds is 2. The van der Waals surface area contributed by atoms with Crippen LogP contribution in [0, 0.1) is 17.1 Å². The van der Waals surface area contributed by atoms with Crippen LogP contribution in [0.25, 0.3) is 0 Å². The fraction of sp³-hybridized carbons (Fsp3) is 0. The van der Waals surface area contributed by atoms with E-state index in [-0.39, 0.29) is 5.02 Å². The zero-order valence-corrected chi connectivity index (χ0v) is 11.9. The third-order valence-electron chi connectivity index (χ3n) is 2.45. The first-order valence-corrected chi connectivity index (χ1v) is 6.39. The Balaban J connectivity index is 2.45. The predicted octanol–water partition coefficient (Wildman–Crippen LogP) is 4.44. The molecule has 0 amide bonds. The third-order valence-corrected chi connectivity index (χ3v) is 3.37. The second-order valence-electron chi connectivity index (χ2n) is 3.78. The highest BCUT2D eigenvalue weighted by Crippen LogP contribution is 2.35. The van der Waals surface area contributed by atoms with Crippen molar-refractivity contribution in [2.45, 2.75) is 0 Å². The van der Waals surface area contributed by atoms with Crippen LogP contribution in [0.2, 0.25) is 5.02 Å². The van der Waals surface area contributed by atoms with E-state index in [4.69, 9.17) is 22.6 Å². The molecule has 2 rings (SSSR count). The molecular formula is C13H8BrClFN3. The van der Waals surface area contributed by atoms with Gasteiger partial charge in [0.25, 0.3) is 0 Å². The van der Waals surface area contributed by atoms with E-state index in [9.17, 15) is 4.39 Å². The average molecular weight is 341 g/mol. The molecule has 0 aromatic heterocycles. The number of anilines is 3. The van der Waals surface area contributed by atoms with Gasteiger partial charge in [0.15, 0.2) is 0 Å². The summed E-state index contributed by atoms with van der Waals surface area (Å²) >= 11 is 9.20. The minimum Gasteiger partial charge on any atom is -0.397 e. The number of nitrogen functional groups attached to an aromatic ring is 1. The molecule has 0 unspecified atom stereocenters. The fourth-order valence-electron chi connectivity index (χ4n) is 1.53. The van der Waals surface area contributed by atoms with Crippen LogP contribution in [0.15, 0.2) is 34.8 Å². The van der Waals surface area contributed by atoms with E-state index < -0.39 is 5.82 Å². The van der Waals surface area contributed by atoms with E-state index in [0.717, 1.165) is 0 Å². The number of hydrogen-bond donors (Lipinski definition) is 2. The van der Waals surface area contributed by atoms with Gasteiger partial charge in [-0.05, 0) is 46.3 Å². The lowest BCUT2D eigenvalue weighted by Gasteiger charge is -2.13. The number of nitrogens with two attached hydrogens (primary N) is 1. The van der Waals surface area contributed by atoms with E-state index in [1.54, 1.807) is 18.2 Å². The molecule has 0 bridgehead atoms. The summed E-state index contributed by atoms with van der Waals surface area (Å²) in [6, 6.07) is 9.33. The Morgan fingerprint density at radius 2 is 2.05 bits per heavy atom. The van der Waals surface area contributed by atoms with Gasteiger partial charge in [0, 0.05) is 4.47 Å². The zero-order chi connectivity index (χ0) is 14.0. The van der Waals surface area contributed by atoms with Crippen molar-refractivity contribution >= 4 is 44.6 Å². The number of nitrogens with zero attached hydrogens (tertiary/aromatic N) is 1. The molecule has 0 spiro atoms. The summed E-state index contributed by atoms with van der Waals surface area (Å²) in [5.41, 5.74) is 7.77. The van der Waals surface area contributed by atoms with Crippen molar-refractivity contribution in [3.05, 3.63) is 51.2 Å². The van der Waals surface area contributed by atoms with Crippen molar-refractivity contribution in [2.75, 3.05) is 11.1 Å². The van der Waals surface area contributed by atoms with Crippen LogP contribution in [0.4, 0.5) is 21.5 Å². The molecule has 0 aliphatic heterocycles. The average Bonchev–Trinajstić information content (AvgIpc) is 2.35. The van der Waals surface area contributed by atoms with Crippen LogP contribution >= 0.6 is 27.5 Å². The molecule has 19 heavy (non-hydrogen) atoms. The third kappa shape index (κ3) is 2.98. The van der Waals surface area contributed by atoms with Crippen LogP contribution in [0.5, 0.6) is 0 Å². The van der Waals surface area contributed by atoms with Crippen molar-refractivity contribution in [3.8, 4) is 6.07 Å². The molecule has 2 aromatic carbocycles. The molecule has 0 fully saturated rings. The summed E-state index contributed by atoms with van der Waals surface area (Å²) in [7, 11) is 0. The van der Waals surface area contributed by atoms with Gasteiger partial charge in [-0.1, -0.05) is 11.6 Å². The van der Waals surface area contributed by atoms with Crippen molar-refractivity contribution in [3.63, 3.8) is 0 Å². The minimum absolute atomic E-state index is 0.216. The first-order valence-electron chi connectivity index (χ1n) is 5.22. The Morgan fingerprint density at radius 1 is 1.32 bits per heavy atom. The molecule has 0 saturated carbocycles. The highest BCUT2D eigenvalue weighted by Gasteiger charge is 2.10. The monoisotopic (exact) mass is 339 g/mol. The number of hydrogen-bond acceptors (Lipinski definition) is 3. The van der Waals surface area contributed by atoms with E-state index in [1.165, 1.54) is 12.1 Å². The van der Waals surface area contributed by atoms with Crippen LogP contribution in [0.3, 0.4) is 0 Å². The van der Waals surface area contributed by atoms with E-state index in [2.05, 4.69) is 21.2 Å². The first-order chi connectivity index (χ1) is 9.01. The van der Waals surface area contributed by atoms with Gasteiger partial charge < -0.3 is 11.1 Å². The number of halogens is 3. The van der Waals surface area contributed by atoms with Gasteiger partial charge in [-0.3, -0.25) is 0 Å². The summed E-state index contributed by atoms with van der Waals surface area (Å²) in [5.74, 6) is -0.443. The van der Waals surface area contributed by atoms with Gasteiger partial charge in [0.2, 0.25) is 0 Å². The first kappa shape index (κ1) is 13.7. The molecule has 96 valence electrons. The zero-order valence-electron chi connectivity index (χ0n) is 9.55. The number of nitrogens with one attached hydrogen (secondary N) is 1. The summed E-state index contributed by atoms with van der Waals surface area (Å²) in [4.78, 5) is 0. The Labute approximate surface area is 122 Å². The standard InChI is InChI=1S/C13H8BrClFN3/c14-9-4-8(16)5-10(15)13(9)19-12-3-7(6-17)1-2-11(12)18/h1-5,19H,18H2. The second-order valence-corrected chi connectivity index (χ2v) is 5.04. The van der Waals surface area contributed by atoms with E-state index >= 15 is 0 Å². The molecule has 0 heterocycles. The van der Waals surface area contributed by atoms with E-state index in [1.807, 2.05) is 6.07 Å². The SMILES string of the molecule is N#Cc1ccc(N)c(Nc2c(Cl)cc(F)cc2Br)c1. The maximum atomic E-state index is 13.1. The molecular weight excluding hydrogens is 333 g/mol. The topological polar surface area (TPSA) is 61.8 Å². The molecule has 0 aliphatic carbocycles. The van der Waals surface area contributed by atoms with E-state index in [0.29, 0.717) is 27.1 Å². The molecule has 6 heteroatoms. The fourth-order valence-corrected chi connectivity index (χ4v) is 2.43. The van der Waals surface area contributed by atoms with Crippen LogP contribution < -0.4 is 11.1 Å². The summed E-state index contributed by atoms with van der Waals surface area (Å²) < 4.78 is 13.6. The van der Waals surface area contributed by atoms with Crippen LogP contribution in [-0.4, -0.2) is 0 Å². The van der Waals surface area contributed by atoms with Gasteiger partial charge >= 0.3 is 0 Å². The molecule has 2 aromatic rings. The Bertz CT molecular complexity index is 659. The van der Waals surface area contributed by atoms with Crippen molar-refractivity contribution in [2.24, 2.45) is 0 Å². The Morgan fingerprint density at radius 3 is 2.68 bits per heavy atom. The molecule has 3 nitrogen and oxygen atoms in total. The number of nitriles is 1. The van der Waals surface area contributed by atoms with Crippen molar-refractivity contribution < 1.29 is 4.39 Å². The normalized spacial score (nSPS) is 10.0. The van der Waals surface area contributed by atoms with Crippen molar-refractivity contribution in [1.82, 2.24) is 0 Å². The summed E-state index contributed by atoms with van der Waals surface area (Å²) in [6.07, 6.45) is 0. The smallest absolute Gasteiger partial charge is 0.125 e. The summed E-state index contributed by atoms with van der Waals surface area (Å²) in [5, 5.41) is 12.1. The lowest BCUT2D eigenvalue weighted by atomic mass is 10.2. The van der Waals surface area contributed by atoms with Crippen molar-refractivity contribution in [1.29, 1.82) is 5.26 Å². The highest BCUT2D eigenvalue weighted by molar-refractivity contribution is 9.10. The van der Waals surface area contributed by atoms with Gasteiger partial charge in [-0.25, -0.2) is 4.39 Å². The maximum absolute atomic E-state index is 13.1. The van der Waals surface area contributed by atoms with Crippen LogP contribution in [-0.2, 0) is 0 Å². The molecule has 0 aliphatic rings. The maximum Gasteiger partial charge on any atom is 0.125 e. The summed E-state index contributed by atoms with van der Waals surface area (Å²) in [6.45, 7) is 0.